The van der Waals surface area contributed by atoms with Crippen molar-refractivity contribution in [3.05, 3.63) is 35.5 Å². The molecule has 2 rings (SSSR count). The fourth-order valence-electron chi connectivity index (χ4n) is 2.47. The molecule has 1 atom stereocenters. The lowest BCUT2D eigenvalue weighted by molar-refractivity contribution is 0.237. The van der Waals surface area contributed by atoms with Crippen LogP contribution in [-0.4, -0.2) is 22.3 Å². The topological polar surface area (TPSA) is 37.2 Å². The Morgan fingerprint density at radius 2 is 2.06 bits per heavy atom. The number of aromatic nitrogens is 1. The molecule has 0 unspecified atom stereocenters. The number of aryl methyl sites for hydroxylation is 2. The molecule has 3 heteroatoms. The number of hydrogen-bond donors (Lipinski definition) is 2. The molecule has 0 aliphatic heterocycles. The van der Waals surface area contributed by atoms with E-state index in [1.54, 1.807) is 0 Å². The highest BCUT2D eigenvalue weighted by molar-refractivity contribution is 5.85. The van der Waals surface area contributed by atoms with E-state index in [1.165, 1.54) is 22.2 Å². The molecular formula is C15H22N2O. The number of para-hydroxylation sites is 1. The minimum Gasteiger partial charge on any atom is -0.395 e. The number of benzene rings is 1. The minimum absolute atomic E-state index is 0.183. The van der Waals surface area contributed by atoms with Gasteiger partial charge in [-0.1, -0.05) is 25.1 Å². The highest BCUT2D eigenvalue weighted by Gasteiger charge is 2.12. The van der Waals surface area contributed by atoms with Gasteiger partial charge in [0, 0.05) is 36.2 Å². The lowest BCUT2D eigenvalue weighted by Crippen LogP contribution is -2.32. The van der Waals surface area contributed by atoms with E-state index in [2.05, 4.69) is 55.0 Å². The Hall–Kier alpha value is -1.32. The van der Waals surface area contributed by atoms with E-state index in [-0.39, 0.29) is 12.6 Å². The lowest BCUT2D eigenvalue weighted by Gasteiger charge is -2.15. The van der Waals surface area contributed by atoms with E-state index in [1.807, 2.05) is 0 Å². The summed E-state index contributed by atoms with van der Waals surface area (Å²) in [5.41, 5.74) is 3.89. The maximum absolute atomic E-state index is 9.21. The molecule has 0 saturated heterocycles. The van der Waals surface area contributed by atoms with Gasteiger partial charge in [0.1, 0.15) is 0 Å². The smallest absolute Gasteiger partial charge is 0.0584 e. The summed E-state index contributed by atoms with van der Waals surface area (Å²) in [5, 5.41) is 13.9. The average Bonchev–Trinajstić information content (AvgIpc) is 2.65. The van der Waals surface area contributed by atoms with E-state index < -0.39 is 0 Å². The van der Waals surface area contributed by atoms with Crippen molar-refractivity contribution in [3.63, 3.8) is 0 Å². The summed E-state index contributed by atoms with van der Waals surface area (Å²) in [6.45, 7) is 5.25. The van der Waals surface area contributed by atoms with Crippen molar-refractivity contribution in [2.24, 2.45) is 7.05 Å². The quantitative estimate of drug-likeness (QED) is 0.849. The van der Waals surface area contributed by atoms with Gasteiger partial charge in [-0.05, 0) is 25.0 Å². The summed E-state index contributed by atoms with van der Waals surface area (Å²) in [5.74, 6) is 0. The predicted molar refractivity (Wildman–Crippen MR) is 75.7 cm³/mol. The molecule has 0 bridgehead atoms. The van der Waals surface area contributed by atoms with Crippen LogP contribution < -0.4 is 5.32 Å². The molecule has 0 aliphatic rings. The van der Waals surface area contributed by atoms with Crippen molar-refractivity contribution in [2.45, 2.75) is 32.9 Å². The molecule has 98 valence electrons. The molecule has 0 radical (unpaired) electrons. The second-order valence-electron chi connectivity index (χ2n) is 4.82. The largest absolute Gasteiger partial charge is 0.395 e. The van der Waals surface area contributed by atoms with Crippen LogP contribution in [0.3, 0.4) is 0 Å². The summed E-state index contributed by atoms with van der Waals surface area (Å²) in [4.78, 5) is 0. The summed E-state index contributed by atoms with van der Waals surface area (Å²) < 4.78 is 2.24. The zero-order chi connectivity index (χ0) is 13.1. The third kappa shape index (κ3) is 2.28. The highest BCUT2D eigenvalue weighted by Crippen LogP contribution is 2.24. The number of nitrogens with zero attached hydrogens (tertiary/aromatic N) is 1. The van der Waals surface area contributed by atoms with Gasteiger partial charge in [0.2, 0.25) is 0 Å². The lowest BCUT2D eigenvalue weighted by atomic mass is 10.1. The summed E-state index contributed by atoms with van der Waals surface area (Å²) >= 11 is 0. The Morgan fingerprint density at radius 1 is 1.33 bits per heavy atom. The van der Waals surface area contributed by atoms with Crippen molar-refractivity contribution in [2.75, 3.05) is 6.61 Å². The van der Waals surface area contributed by atoms with Crippen LogP contribution in [0.5, 0.6) is 0 Å². The Balaban J connectivity index is 2.28. The van der Waals surface area contributed by atoms with Crippen LogP contribution in [0.2, 0.25) is 0 Å². The van der Waals surface area contributed by atoms with Gasteiger partial charge in [-0.25, -0.2) is 0 Å². The van der Waals surface area contributed by atoms with Crippen LogP contribution in [0.25, 0.3) is 10.9 Å². The van der Waals surface area contributed by atoms with Gasteiger partial charge in [0.05, 0.1) is 6.61 Å². The monoisotopic (exact) mass is 246 g/mol. The molecule has 0 spiro atoms. The summed E-state index contributed by atoms with van der Waals surface area (Å²) in [7, 11) is 2.10. The third-order valence-corrected chi connectivity index (χ3v) is 3.78. The Bertz CT molecular complexity index is 488. The molecule has 0 aliphatic carbocycles. The normalized spacial score (nSPS) is 13.1. The van der Waals surface area contributed by atoms with Crippen LogP contribution in [-0.2, 0) is 13.6 Å². The molecule has 0 fully saturated rings. The maximum Gasteiger partial charge on any atom is 0.0584 e. The van der Waals surface area contributed by atoms with Crippen molar-refractivity contribution >= 4 is 10.9 Å². The first-order chi connectivity index (χ1) is 8.69. The van der Waals surface area contributed by atoms with Gasteiger partial charge in [-0.2, -0.15) is 0 Å². The Kier molecular flexibility index (Phi) is 4.04. The third-order valence-electron chi connectivity index (χ3n) is 3.78. The molecule has 1 aromatic carbocycles. The fraction of sp³-hybridized carbons (Fsp3) is 0.467. The molecule has 3 nitrogen and oxygen atoms in total. The zero-order valence-corrected chi connectivity index (χ0v) is 11.4. The minimum atomic E-state index is 0.183. The first kappa shape index (κ1) is 13.1. The van der Waals surface area contributed by atoms with Gasteiger partial charge in [0.25, 0.3) is 0 Å². The molecule has 18 heavy (non-hydrogen) atoms. The molecule has 1 heterocycles. The van der Waals surface area contributed by atoms with Crippen molar-refractivity contribution < 1.29 is 5.11 Å². The number of nitrogens with one attached hydrogen (secondary N) is 1. The van der Waals surface area contributed by atoms with Gasteiger partial charge >= 0.3 is 0 Å². The second kappa shape index (κ2) is 5.55. The Morgan fingerprint density at radius 3 is 2.67 bits per heavy atom. The molecule has 2 aromatic rings. The van der Waals surface area contributed by atoms with Crippen molar-refractivity contribution in [1.82, 2.24) is 9.88 Å². The van der Waals surface area contributed by atoms with Gasteiger partial charge in [-0.3, -0.25) is 0 Å². The van der Waals surface area contributed by atoms with E-state index in [0.29, 0.717) is 0 Å². The van der Waals surface area contributed by atoms with E-state index >= 15 is 0 Å². The first-order valence-corrected chi connectivity index (χ1v) is 6.56. The molecular weight excluding hydrogens is 224 g/mol. The predicted octanol–water partition coefficient (Wildman–Crippen LogP) is 2.35. The van der Waals surface area contributed by atoms with E-state index in [0.717, 1.165) is 13.0 Å². The van der Waals surface area contributed by atoms with E-state index in [4.69, 9.17) is 0 Å². The van der Waals surface area contributed by atoms with Crippen LogP contribution >= 0.6 is 0 Å². The highest BCUT2D eigenvalue weighted by atomic mass is 16.3. The molecule has 0 saturated carbocycles. The van der Waals surface area contributed by atoms with Gasteiger partial charge < -0.3 is 15.0 Å². The van der Waals surface area contributed by atoms with Gasteiger partial charge in [0.15, 0.2) is 0 Å². The van der Waals surface area contributed by atoms with Crippen LogP contribution in [0.1, 0.15) is 24.6 Å². The van der Waals surface area contributed by atoms with Crippen LogP contribution in [0.4, 0.5) is 0 Å². The van der Waals surface area contributed by atoms with Crippen LogP contribution in [0.15, 0.2) is 24.3 Å². The second-order valence-corrected chi connectivity index (χ2v) is 4.82. The number of aliphatic hydroxyl groups excluding tert-OH is 1. The van der Waals surface area contributed by atoms with E-state index in [9.17, 15) is 5.11 Å². The summed E-state index contributed by atoms with van der Waals surface area (Å²) in [6.07, 6.45) is 0.944. The first-order valence-electron chi connectivity index (χ1n) is 6.56. The zero-order valence-electron chi connectivity index (χ0n) is 11.4. The van der Waals surface area contributed by atoms with Gasteiger partial charge in [-0.15, -0.1) is 0 Å². The standard InChI is InChI=1S/C15H22N2O/c1-4-12(10-18)16-9-15-11(2)13-7-5-6-8-14(13)17(15)3/h5-8,12,16,18H,4,9-10H2,1-3H3/t12-/m0/s1. The maximum atomic E-state index is 9.21. The fourth-order valence-corrected chi connectivity index (χ4v) is 2.47. The summed E-state index contributed by atoms with van der Waals surface area (Å²) in [6, 6.07) is 8.64. The number of aliphatic hydroxyl groups is 1. The van der Waals surface area contributed by atoms with Crippen LogP contribution in [0, 0.1) is 6.92 Å². The van der Waals surface area contributed by atoms with Crippen molar-refractivity contribution in [3.8, 4) is 0 Å². The SMILES string of the molecule is CC[C@@H](CO)NCc1c(C)c2ccccc2n1C. The molecule has 0 amide bonds. The average molecular weight is 246 g/mol. The molecule has 2 N–H and O–H groups in total. The molecule has 1 aromatic heterocycles. The Labute approximate surface area is 108 Å². The number of hydrogen-bond acceptors (Lipinski definition) is 2. The number of fused-ring (bicyclic) bond motifs is 1. The van der Waals surface area contributed by atoms with Crippen molar-refractivity contribution in [1.29, 1.82) is 0 Å². The number of rotatable bonds is 5.